The predicted molar refractivity (Wildman–Crippen MR) is 62.2 cm³/mol. The normalized spacial score (nSPS) is 13.7. The molecule has 0 spiro atoms. The first kappa shape index (κ1) is 16.8. The molecule has 0 aliphatic carbocycles. The zero-order valence-corrected chi connectivity index (χ0v) is 12.1. The lowest BCUT2D eigenvalue weighted by Gasteiger charge is -2.18. The van der Waals surface area contributed by atoms with E-state index in [2.05, 4.69) is 0 Å². The summed E-state index contributed by atoms with van der Waals surface area (Å²) in [4.78, 5) is -1.61. The van der Waals surface area contributed by atoms with E-state index in [9.17, 15) is 34.8 Å². The van der Waals surface area contributed by atoms with Gasteiger partial charge >= 0.3 is 12.4 Å². The van der Waals surface area contributed by atoms with Gasteiger partial charge in [-0.25, -0.2) is 8.42 Å². The molecule has 19 heavy (non-hydrogen) atoms. The SMILES string of the molecule is O=S(=O)(Cl)c1cc(I)cc(C(F)(F)F)c1C(F)(F)F. The summed E-state index contributed by atoms with van der Waals surface area (Å²) in [6, 6.07) is 0.635. The highest BCUT2D eigenvalue weighted by Crippen LogP contribution is 2.44. The number of alkyl halides is 6. The van der Waals surface area contributed by atoms with Crippen LogP contribution in [0.5, 0.6) is 0 Å². The summed E-state index contributed by atoms with van der Waals surface area (Å²) in [5, 5.41) is 0. The second kappa shape index (κ2) is 4.95. The number of hydrogen-bond acceptors (Lipinski definition) is 2. The second-order valence-corrected chi connectivity index (χ2v) is 7.04. The van der Waals surface area contributed by atoms with E-state index in [1.54, 1.807) is 0 Å². The molecule has 0 bridgehead atoms. The topological polar surface area (TPSA) is 34.1 Å². The summed E-state index contributed by atoms with van der Waals surface area (Å²) < 4.78 is 97.5. The van der Waals surface area contributed by atoms with Crippen molar-refractivity contribution >= 4 is 42.3 Å². The molecule has 0 radical (unpaired) electrons. The smallest absolute Gasteiger partial charge is 0.207 e. The van der Waals surface area contributed by atoms with E-state index in [1.807, 2.05) is 0 Å². The van der Waals surface area contributed by atoms with Crippen LogP contribution in [0.1, 0.15) is 11.1 Å². The highest BCUT2D eigenvalue weighted by atomic mass is 127. The van der Waals surface area contributed by atoms with Gasteiger partial charge in [0.2, 0.25) is 0 Å². The number of halogens is 8. The minimum Gasteiger partial charge on any atom is -0.207 e. The molecule has 0 heterocycles. The lowest BCUT2D eigenvalue weighted by atomic mass is 10.1. The Kier molecular flexibility index (Phi) is 4.38. The zero-order chi connectivity index (χ0) is 15.2. The number of benzene rings is 1. The van der Waals surface area contributed by atoms with Gasteiger partial charge in [-0.2, -0.15) is 26.3 Å². The first-order chi connectivity index (χ1) is 8.24. The third-order valence-corrected chi connectivity index (χ3v) is 3.89. The maximum absolute atomic E-state index is 12.7. The summed E-state index contributed by atoms with van der Waals surface area (Å²) in [5.74, 6) is 0. The van der Waals surface area contributed by atoms with Crippen molar-refractivity contribution in [3.63, 3.8) is 0 Å². The van der Waals surface area contributed by atoms with Crippen LogP contribution in [0.25, 0.3) is 0 Å². The fraction of sp³-hybridized carbons (Fsp3) is 0.250. The van der Waals surface area contributed by atoms with Crippen LogP contribution in [0.3, 0.4) is 0 Å². The van der Waals surface area contributed by atoms with E-state index in [0.717, 1.165) is 0 Å². The van der Waals surface area contributed by atoms with Crippen LogP contribution in [0.4, 0.5) is 26.3 Å². The number of hydrogen-bond donors (Lipinski definition) is 0. The zero-order valence-electron chi connectivity index (χ0n) is 8.40. The third kappa shape index (κ3) is 3.88. The van der Waals surface area contributed by atoms with Crippen LogP contribution in [0.15, 0.2) is 17.0 Å². The van der Waals surface area contributed by atoms with Crippen LogP contribution in [0, 0.1) is 3.57 Å². The number of rotatable bonds is 1. The summed E-state index contributed by atoms with van der Waals surface area (Å²) in [6.45, 7) is 0. The molecule has 0 aliphatic rings. The molecule has 0 aliphatic heterocycles. The van der Waals surface area contributed by atoms with Crippen molar-refractivity contribution in [3.05, 3.63) is 26.8 Å². The molecular weight excluding hydrogens is 436 g/mol. The summed E-state index contributed by atoms with van der Waals surface area (Å²) in [6.07, 6.45) is -10.9. The summed E-state index contributed by atoms with van der Waals surface area (Å²) in [7, 11) is -0.209. The lowest BCUT2D eigenvalue weighted by Crippen LogP contribution is -2.20. The molecule has 1 rings (SSSR count). The van der Waals surface area contributed by atoms with Crippen molar-refractivity contribution in [1.29, 1.82) is 0 Å². The first-order valence-electron chi connectivity index (χ1n) is 4.17. The molecule has 0 amide bonds. The van der Waals surface area contributed by atoms with E-state index in [1.165, 1.54) is 22.6 Å². The van der Waals surface area contributed by atoms with Crippen molar-refractivity contribution < 1.29 is 34.8 Å². The fourth-order valence-electron chi connectivity index (χ4n) is 1.29. The largest absolute Gasteiger partial charge is 0.418 e. The van der Waals surface area contributed by atoms with Crippen LogP contribution < -0.4 is 0 Å². The molecule has 0 saturated carbocycles. The van der Waals surface area contributed by atoms with Crippen molar-refractivity contribution in [1.82, 2.24) is 0 Å². The molecule has 0 N–H and O–H groups in total. The molecule has 1 aromatic rings. The highest BCUT2D eigenvalue weighted by Gasteiger charge is 2.47. The summed E-state index contributed by atoms with van der Waals surface area (Å²) in [5.41, 5.74) is -4.40. The van der Waals surface area contributed by atoms with Gasteiger partial charge in [-0.3, -0.25) is 0 Å². The lowest BCUT2D eigenvalue weighted by molar-refractivity contribution is -0.163. The second-order valence-electron chi connectivity index (χ2n) is 3.26. The minimum absolute atomic E-state index is 0.203. The maximum Gasteiger partial charge on any atom is 0.418 e. The Morgan fingerprint density at radius 2 is 1.47 bits per heavy atom. The predicted octanol–water partition coefficient (Wildman–Crippen LogP) is 4.26. The van der Waals surface area contributed by atoms with Gasteiger partial charge in [-0.05, 0) is 34.7 Å². The van der Waals surface area contributed by atoms with Crippen molar-refractivity contribution in [2.24, 2.45) is 0 Å². The average Bonchev–Trinajstić information content (AvgIpc) is 2.11. The van der Waals surface area contributed by atoms with Crippen LogP contribution in [-0.2, 0) is 21.4 Å². The van der Waals surface area contributed by atoms with Crippen LogP contribution in [-0.4, -0.2) is 8.42 Å². The Labute approximate surface area is 121 Å². The Balaban J connectivity index is 3.91. The molecule has 0 aromatic heterocycles. The van der Waals surface area contributed by atoms with E-state index in [4.69, 9.17) is 10.7 Å². The molecule has 2 nitrogen and oxygen atoms in total. The standard InChI is InChI=1S/C8H2ClF6IO2S/c9-19(17,18)5-2-3(16)1-4(7(10,11)12)6(5)8(13,14)15/h1-2H. The molecule has 0 fully saturated rings. The first-order valence-corrected chi connectivity index (χ1v) is 7.56. The van der Waals surface area contributed by atoms with Crippen LogP contribution >= 0.6 is 33.3 Å². The molecule has 0 atom stereocenters. The molecule has 1 aromatic carbocycles. The van der Waals surface area contributed by atoms with Gasteiger partial charge in [0, 0.05) is 14.3 Å². The Morgan fingerprint density at radius 3 is 1.79 bits per heavy atom. The third-order valence-electron chi connectivity index (χ3n) is 1.92. The van der Waals surface area contributed by atoms with Crippen LogP contribution in [0.2, 0.25) is 0 Å². The van der Waals surface area contributed by atoms with Crippen molar-refractivity contribution in [2.45, 2.75) is 17.2 Å². The minimum atomic E-state index is -5.51. The Morgan fingerprint density at radius 1 is 1.00 bits per heavy atom. The van der Waals surface area contributed by atoms with Gasteiger partial charge in [0.25, 0.3) is 9.05 Å². The maximum atomic E-state index is 12.7. The van der Waals surface area contributed by atoms with Crippen molar-refractivity contribution in [3.8, 4) is 0 Å². The van der Waals surface area contributed by atoms with E-state index in [0.29, 0.717) is 6.07 Å². The molecule has 0 unspecified atom stereocenters. The van der Waals surface area contributed by atoms with Gasteiger partial charge in [-0.1, -0.05) is 0 Å². The monoisotopic (exact) mass is 438 g/mol. The highest BCUT2D eigenvalue weighted by molar-refractivity contribution is 14.1. The molecule has 108 valence electrons. The van der Waals surface area contributed by atoms with Gasteiger partial charge in [0.1, 0.15) is 0 Å². The van der Waals surface area contributed by atoms with Gasteiger partial charge in [0.05, 0.1) is 16.0 Å². The van der Waals surface area contributed by atoms with E-state index >= 15 is 0 Å². The Bertz CT molecular complexity index is 607. The summed E-state index contributed by atoms with van der Waals surface area (Å²) >= 11 is 1.27. The quantitative estimate of drug-likeness (QED) is 0.373. The molecular formula is C8H2ClF6IO2S. The molecule has 11 heteroatoms. The van der Waals surface area contributed by atoms with E-state index in [-0.39, 0.29) is 9.64 Å². The Hall–Kier alpha value is -0.230. The van der Waals surface area contributed by atoms with Gasteiger partial charge < -0.3 is 0 Å². The average molecular weight is 439 g/mol. The molecule has 0 saturated heterocycles. The fourth-order valence-corrected chi connectivity index (χ4v) is 3.23. The van der Waals surface area contributed by atoms with Crippen molar-refractivity contribution in [2.75, 3.05) is 0 Å². The van der Waals surface area contributed by atoms with Gasteiger partial charge in [-0.15, -0.1) is 0 Å². The van der Waals surface area contributed by atoms with E-state index < -0.39 is 37.4 Å². The van der Waals surface area contributed by atoms with Gasteiger partial charge in [0.15, 0.2) is 0 Å².